The number of hydrogen-bond donors (Lipinski definition) is 2. The van der Waals surface area contributed by atoms with Gasteiger partial charge in [-0.15, -0.1) is 0 Å². The number of aromatic amines is 1. The van der Waals surface area contributed by atoms with E-state index in [1.54, 1.807) is 12.4 Å². The van der Waals surface area contributed by atoms with E-state index >= 15 is 0 Å². The van der Waals surface area contributed by atoms with Gasteiger partial charge in [-0.25, -0.2) is 9.97 Å². The normalized spacial score (nSPS) is 11.1. The molecule has 0 radical (unpaired) electrons. The first-order chi connectivity index (χ1) is 6.86. The van der Waals surface area contributed by atoms with Gasteiger partial charge < -0.3 is 5.73 Å². The van der Waals surface area contributed by atoms with Crippen LogP contribution in [0.2, 0.25) is 0 Å². The summed E-state index contributed by atoms with van der Waals surface area (Å²) in [5, 5.41) is 8.68. The number of nitrogens with zero attached hydrogens (tertiary/aromatic N) is 3. The second-order valence-electron chi connectivity index (χ2n) is 3.03. The summed E-state index contributed by atoms with van der Waals surface area (Å²) < 4.78 is 0. The molecule has 0 aromatic carbocycles. The lowest BCUT2D eigenvalue weighted by atomic mass is 10.2. The first-order valence-corrected chi connectivity index (χ1v) is 4.19. The third-order valence-electron chi connectivity index (χ3n) is 2.20. The Labute approximate surface area is 79.0 Å². The van der Waals surface area contributed by atoms with Gasteiger partial charge in [-0.3, -0.25) is 5.10 Å². The number of nitrogen functional groups attached to an aromatic ring is 1. The number of H-pyrrole nitrogens is 1. The van der Waals surface area contributed by atoms with E-state index in [0.29, 0.717) is 11.5 Å². The van der Waals surface area contributed by atoms with Crippen molar-refractivity contribution in [3.8, 4) is 0 Å². The molecule has 0 aliphatic carbocycles. The Morgan fingerprint density at radius 2 is 2.21 bits per heavy atom. The standard InChI is InChI=1S/C9H7N5/c10-8-7-6(4-12-14-7)5-2-1-3-11-9(5)13-8/h1-4H,(H,12,14)(H2,10,11,13). The van der Waals surface area contributed by atoms with Crippen LogP contribution in [0.25, 0.3) is 21.9 Å². The Bertz CT molecular complexity index is 613. The summed E-state index contributed by atoms with van der Waals surface area (Å²) in [5.41, 5.74) is 7.17. The van der Waals surface area contributed by atoms with Crippen LogP contribution in [0.3, 0.4) is 0 Å². The van der Waals surface area contributed by atoms with Crippen molar-refractivity contribution < 1.29 is 0 Å². The zero-order chi connectivity index (χ0) is 9.54. The van der Waals surface area contributed by atoms with E-state index in [-0.39, 0.29) is 0 Å². The topological polar surface area (TPSA) is 80.5 Å². The number of aromatic nitrogens is 4. The second kappa shape index (κ2) is 2.41. The summed E-state index contributed by atoms with van der Waals surface area (Å²) in [6.45, 7) is 0. The summed E-state index contributed by atoms with van der Waals surface area (Å²) in [5.74, 6) is 0.434. The molecule has 0 fully saturated rings. The predicted molar refractivity (Wildman–Crippen MR) is 53.6 cm³/mol. The third-order valence-corrected chi connectivity index (χ3v) is 2.20. The summed E-state index contributed by atoms with van der Waals surface area (Å²) in [7, 11) is 0. The Morgan fingerprint density at radius 1 is 1.29 bits per heavy atom. The minimum Gasteiger partial charge on any atom is -0.382 e. The molecule has 0 unspecified atom stereocenters. The van der Waals surface area contributed by atoms with Crippen molar-refractivity contribution in [2.24, 2.45) is 0 Å². The molecular formula is C9H7N5. The maximum absolute atomic E-state index is 5.74. The van der Waals surface area contributed by atoms with Gasteiger partial charge in [-0.05, 0) is 12.1 Å². The van der Waals surface area contributed by atoms with Gasteiger partial charge in [-0.1, -0.05) is 0 Å². The lowest BCUT2D eigenvalue weighted by Gasteiger charge is -1.99. The number of nitrogens with one attached hydrogen (secondary N) is 1. The van der Waals surface area contributed by atoms with E-state index in [1.165, 1.54) is 0 Å². The number of anilines is 1. The molecule has 5 heteroatoms. The molecular weight excluding hydrogens is 178 g/mol. The van der Waals surface area contributed by atoms with Gasteiger partial charge in [0.15, 0.2) is 11.5 Å². The fourth-order valence-corrected chi connectivity index (χ4v) is 1.55. The number of nitrogens with two attached hydrogens (primary N) is 1. The van der Waals surface area contributed by atoms with Crippen LogP contribution in [0.15, 0.2) is 24.5 Å². The van der Waals surface area contributed by atoms with Crippen molar-refractivity contribution in [2.45, 2.75) is 0 Å². The maximum Gasteiger partial charge on any atom is 0.162 e. The maximum atomic E-state index is 5.74. The molecule has 5 nitrogen and oxygen atoms in total. The molecule has 3 N–H and O–H groups in total. The van der Waals surface area contributed by atoms with Crippen LogP contribution in [0.4, 0.5) is 5.82 Å². The monoisotopic (exact) mass is 185 g/mol. The van der Waals surface area contributed by atoms with Crippen LogP contribution in [-0.4, -0.2) is 20.2 Å². The average molecular weight is 185 g/mol. The van der Waals surface area contributed by atoms with Gasteiger partial charge in [-0.2, -0.15) is 5.10 Å². The molecule has 0 saturated heterocycles. The lowest BCUT2D eigenvalue weighted by Crippen LogP contribution is -1.93. The minimum atomic E-state index is 0.434. The first kappa shape index (κ1) is 7.25. The molecule has 68 valence electrons. The minimum absolute atomic E-state index is 0.434. The molecule has 0 bridgehead atoms. The van der Waals surface area contributed by atoms with Crippen LogP contribution < -0.4 is 5.73 Å². The molecule has 14 heavy (non-hydrogen) atoms. The van der Waals surface area contributed by atoms with Gasteiger partial charge in [0, 0.05) is 17.0 Å². The highest BCUT2D eigenvalue weighted by atomic mass is 15.1. The first-order valence-electron chi connectivity index (χ1n) is 4.19. The lowest BCUT2D eigenvalue weighted by molar-refractivity contribution is 1.12. The van der Waals surface area contributed by atoms with E-state index in [1.807, 2.05) is 12.1 Å². The fraction of sp³-hybridized carbons (Fsp3) is 0. The van der Waals surface area contributed by atoms with Crippen LogP contribution in [-0.2, 0) is 0 Å². The zero-order valence-electron chi connectivity index (χ0n) is 7.23. The van der Waals surface area contributed by atoms with Gasteiger partial charge >= 0.3 is 0 Å². The molecule has 3 aromatic rings. The Hall–Kier alpha value is -2.17. The van der Waals surface area contributed by atoms with Gasteiger partial charge in [0.1, 0.15) is 5.52 Å². The Balaban J connectivity index is 2.66. The van der Waals surface area contributed by atoms with Gasteiger partial charge in [0.05, 0.1) is 6.20 Å². The predicted octanol–water partition coefficient (Wildman–Crippen LogP) is 1.09. The number of fused-ring (bicyclic) bond motifs is 3. The van der Waals surface area contributed by atoms with Crippen molar-refractivity contribution >= 4 is 27.8 Å². The fourth-order valence-electron chi connectivity index (χ4n) is 1.55. The Kier molecular flexibility index (Phi) is 1.25. The van der Waals surface area contributed by atoms with Gasteiger partial charge in [0.25, 0.3) is 0 Å². The highest BCUT2D eigenvalue weighted by molar-refractivity contribution is 6.06. The average Bonchev–Trinajstić information content (AvgIpc) is 2.67. The van der Waals surface area contributed by atoms with Crippen molar-refractivity contribution in [1.29, 1.82) is 0 Å². The molecule has 3 heterocycles. The Morgan fingerprint density at radius 3 is 3.14 bits per heavy atom. The molecule has 0 saturated carbocycles. The van der Waals surface area contributed by atoms with Crippen molar-refractivity contribution in [1.82, 2.24) is 20.2 Å². The van der Waals surface area contributed by atoms with E-state index in [9.17, 15) is 0 Å². The van der Waals surface area contributed by atoms with Crippen LogP contribution >= 0.6 is 0 Å². The molecule has 0 aliphatic heterocycles. The van der Waals surface area contributed by atoms with E-state index in [4.69, 9.17) is 5.73 Å². The highest BCUT2D eigenvalue weighted by Gasteiger charge is 2.07. The smallest absolute Gasteiger partial charge is 0.162 e. The summed E-state index contributed by atoms with van der Waals surface area (Å²) >= 11 is 0. The summed E-state index contributed by atoms with van der Waals surface area (Å²) in [4.78, 5) is 8.31. The van der Waals surface area contributed by atoms with Crippen molar-refractivity contribution in [2.75, 3.05) is 5.73 Å². The zero-order valence-corrected chi connectivity index (χ0v) is 7.23. The number of pyridine rings is 2. The van der Waals surface area contributed by atoms with Gasteiger partial charge in [0.2, 0.25) is 0 Å². The molecule has 0 aliphatic rings. The molecule has 3 rings (SSSR count). The van der Waals surface area contributed by atoms with Crippen LogP contribution in [0, 0.1) is 0 Å². The summed E-state index contributed by atoms with van der Waals surface area (Å²) in [6.07, 6.45) is 3.43. The third kappa shape index (κ3) is 0.806. The SMILES string of the molecule is Nc1nc2ncccc2c2cn[nH]c12. The number of hydrogen-bond acceptors (Lipinski definition) is 4. The van der Waals surface area contributed by atoms with E-state index < -0.39 is 0 Å². The van der Waals surface area contributed by atoms with E-state index in [2.05, 4.69) is 20.2 Å². The quantitative estimate of drug-likeness (QED) is 0.549. The highest BCUT2D eigenvalue weighted by Crippen LogP contribution is 2.23. The second-order valence-corrected chi connectivity index (χ2v) is 3.03. The van der Waals surface area contributed by atoms with Crippen molar-refractivity contribution in [3.63, 3.8) is 0 Å². The van der Waals surface area contributed by atoms with Crippen LogP contribution in [0.5, 0.6) is 0 Å². The van der Waals surface area contributed by atoms with E-state index in [0.717, 1.165) is 16.3 Å². The largest absolute Gasteiger partial charge is 0.382 e. The molecule has 3 aromatic heterocycles. The molecule has 0 amide bonds. The molecule has 0 atom stereocenters. The molecule has 0 spiro atoms. The van der Waals surface area contributed by atoms with Crippen LogP contribution in [0.1, 0.15) is 0 Å². The van der Waals surface area contributed by atoms with Crippen molar-refractivity contribution in [3.05, 3.63) is 24.5 Å². The number of rotatable bonds is 0. The summed E-state index contributed by atoms with van der Waals surface area (Å²) in [6, 6.07) is 3.82.